The minimum absolute atomic E-state index is 0.221. The van der Waals surface area contributed by atoms with Gasteiger partial charge in [-0.05, 0) is 36.1 Å². The molecular weight excluding hydrogens is 287 g/mol. The Morgan fingerprint density at radius 2 is 2.00 bits per heavy atom. The number of alkyl halides is 3. The fraction of sp³-hybridized carbons (Fsp3) is 0.214. The van der Waals surface area contributed by atoms with E-state index in [0.717, 1.165) is 12.1 Å². The van der Waals surface area contributed by atoms with Crippen molar-refractivity contribution in [2.45, 2.75) is 19.1 Å². The van der Waals surface area contributed by atoms with Crippen LogP contribution in [0, 0.1) is 6.92 Å². The van der Waals surface area contributed by atoms with E-state index in [1.54, 1.807) is 17.5 Å². The van der Waals surface area contributed by atoms with Gasteiger partial charge in [-0.1, -0.05) is 12.1 Å². The van der Waals surface area contributed by atoms with Gasteiger partial charge in [-0.15, -0.1) is 11.3 Å². The van der Waals surface area contributed by atoms with E-state index < -0.39 is 17.8 Å². The molecule has 1 unspecified atom stereocenters. The molecule has 2 N–H and O–H groups in total. The molecule has 2 rings (SSSR count). The largest absolute Gasteiger partial charge is 0.416 e. The average Bonchev–Trinajstić information content (AvgIpc) is 2.89. The summed E-state index contributed by atoms with van der Waals surface area (Å²) in [7, 11) is 0. The third kappa shape index (κ3) is 2.91. The molecule has 0 saturated heterocycles. The lowest BCUT2D eigenvalue weighted by molar-refractivity contribution is -0.137. The highest BCUT2D eigenvalue weighted by atomic mass is 32.1. The molecule has 0 amide bonds. The fourth-order valence-electron chi connectivity index (χ4n) is 1.88. The number of carbonyl (C=O) groups is 1. The van der Waals surface area contributed by atoms with Crippen molar-refractivity contribution in [2.75, 3.05) is 0 Å². The molecule has 1 atom stereocenters. The predicted molar refractivity (Wildman–Crippen MR) is 71.8 cm³/mol. The lowest BCUT2D eigenvalue weighted by Gasteiger charge is -2.13. The maximum Gasteiger partial charge on any atom is 0.416 e. The molecular formula is C14H12F3NOS. The molecule has 20 heavy (non-hydrogen) atoms. The second-order valence-electron chi connectivity index (χ2n) is 4.38. The average molecular weight is 299 g/mol. The van der Waals surface area contributed by atoms with Crippen LogP contribution in [-0.2, 0) is 6.18 Å². The molecule has 0 fully saturated rings. The lowest BCUT2D eigenvalue weighted by Crippen LogP contribution is -2.21. The minimum Gasteiger partial charge on any atom is -0.317 e. The second kappa shape index (κ2) is 5.38. The first-order chi connectivity index (χ1) is 9.30. The highest BCUT2D eigenvalue weighted by Crippen LogP contribution is 2.31. The Labute approximate surface area is 118 Å². The third-order valence-electron chi connectivity index (χ3n) is 2.95. The number of carbonyl (C=O) groups excluding carboxylic acids is 1. The Morgan fingerprint density at radius 3 is 2.50 bits per heavy atom. The maximum absolute atomic E-state index is 12.6. The normalized spacial score (nSPS) is 13.2. The number of Topliss-reactive ketones (excluding diaryl/α,β-unsaturated/α-hetero) is 1. The van der Waals surface area contributed by atoms with Gasteiger partial charge in [0, 0.05) is 10.4 Å². The molecule has 1 aromatic carbocycles. The van der Waals surface area contributed by atoms with Gasteiger partial charge >= 0.3 is 6.18 Å². The van der Waals surface area contributed by atoms with Gasteiger partial charge in [0.1, 0.15) is 6.04 Å². The minimum atomic E-state index is -4.41. The monoisotopic (exact) mass is 299 g/mol. The molecule has 0 aliphatic carbocycles. The maximum atomic E-state index is 12.6. The van der Waals surface area contributed by atoms with Gasteiger partial charge in [0.25, 0.3) is 0 Å². The predicted octanol–water partition coefficient (Wildman–Crippen LogP) is 3.96. The summed E-state index contributed by atoms with van der Waals surface area (Å²) in [5.74, 6) is -0.376. The Kier molecular flexibility index (Phi) is 3.96. The van der Waals surface area contributed by atoms with Gasteiger partial charge in [0.05, 0.1) is 5.56 Å². The van der Waals surface area contributed by atoms with Crippen LogP contribution in [0.5, 0.6) is 0 Å². The first kappa shape index (κ1) is 14.7. The summed E-state index contributed by atoms with van der Waals surface area (Å²) in [4.78, 5) is 12.9. The quantitative estimate of drug-likeness (QED) is 0.872. The highest BCUT2D eigenvalue weighted by molar-refractivity contribution is 7.10. The van der Waals surface area contributed by atoms with Crippen LogP contribution in [0.3, 0.4) is 0 Å². The zero-order chi connectivity index (χ0) is 14.9. The number of benzene rings is 1. The number of hydrogen-bond acceptors (Lipinski definition) is 3. The standard InChI is InChI=1S/C14H12F3NOS/c1-8-7-9(14(15,16)17)4-5-10(8)13(19)12(18)11-3-2-6-20-11/h2-7,12H,18H2,1H3. The molecule has 1 heterocycles. The molecule has 2 nitrogen and oxygen atoms in total. The van der Waals surface area contributed by atoms with E-state index >= 15 is 0 Å². The van der Waals surface area contributed by atoms with Crippen LogP contribution in [-0.4, -0.2) is 5.78 Å². The van der Waals surface area contributed by atoms with Crippen LogP contribution >= 0.6 is 11.3 Å². The summed E-state index contributed by atoms with van der Waals surface area (Å²) < 4.78 is 37.7. The summed E-state index contributed by atoms with van der Waals surface area (Å²) in [6, 6.07) is 5.72. The lowest BCUT2D eigenvalue weighted by atomic mass is 9.97. The smallest absolute Gasteiger partial charge is 0.317 e. The molecule has 0 radical (unpaired) electrons. The fourth-order valence-corrected chi connectivity index (χ4v) is 2.61. The van der Waals surface area contributed by atoms with E-state index in [1.807, 2.05) is 0 Å². The van der Waals surface area contributed by atoms with Gasteiger partial charge in [-0.3, -0.25) is 4.79 Å². The van der Waals surface area contributed by atoms with E-state index in [0.29, 0.717) is 4.88 Å². The van der Waals surface area contributed by atoms with E-state index in [2.05, 4.69) is 0 Å². The number of hydrogen-bond donors (Lipinski definition) is 1. The Hall–Kier alpha value is -1.66. The number of aryl methyl sites for hydroxylation is 1. The van der Waals surface area contributed by atoms with Crippen LogP contribution in [0.15, 0.2) is 35.7 Å². The van der Waals surface area contributed by atoms with Crippen molar-refractivity contribution < 1.29 is 18.0 Å². The molecule has 0 bridgehead atoms. The van der Waals surface area contributed by atoms with Crippen LogP contribution in [0.4, 0.5) is 13.2 Å². The molecule has 0 spiro atoms. The summed E-state index contributed by atoms with van der Waals surface area (Å²) in [6.45, 7) is 1.48. The van der Waals surface area contributed by atoms with Crippen molar-refractivity contribution in [3.8, 4) is 0 Å². The van der Waals surface area contributed by atoms with Crippen LogP contribution in [0.2, 0.25) is 0 Å². The molecule has 0 saturated carbocycles. The first-order valence-electron chi connectivity index (χ1n) is 5.81. The number of nitrogens with two attached hydrogens (primary N) is 1. The Morgan fingerprint density at radius 1 is 1.30 bits per heavy atom. The zero-order valence-electron chi connectivity index (χ0n) is 10.6. The van der Waals surface area contributed by atoms with Crippen molar-refractivity contribution in [1.29, 1.82) is 0 Å². The number of thiophene rings is 1. The van der Waals surface area contributed by atoms with E-state index in [4.69, 9.17) is 5.73 Å². The zero-order valence-corrected chi connectivity index (χ0v) is 11.4. The third-order valence-corrected chi connectivity index (χ3v) is 3.91. The molecule has 0 aliphatic rings. The van der Waals surface area contributed by atoms with Crippen LogP contribution in [0.25, 0.3) is 0 Å². The van der Waals surface area contributed by atoms with Gasteiger partial charge < -0.3 is 5.73 Å². The number of rotatable bonds is 3. The van der Waals surface area contributed by atoms with Crippen molar-refractivity contribution in [1.82, 2.24) is 0 Å². The van der Waals surface area contributed by atoms with E-state index in [9.17, 15) is 18.0 Å². The Bertz CT molecular complexity index is 620. The van der Waals surface area contributed by atoms with Gasteiger partial charge in [0.15, 0.2) is 5.78 Å². The molecule has 6 heteroatoms. The van der Waals surface area contributed by atoms with Crippen molar-refractivity contribution in [2.24, 2.45) is 5.73 Å². The van der Waals surface area contributed by atoms with E-state index in [1.165, 1.54) is 24.3 Å². The van der Waals surface area contributed by atoms with Crippen LogP contribution < -0.4 is 5.73 Å². The molecule has 2 aromatic rings. The van der Waals surface area contributed by atoms with Crippen molar-refractivity contribution in [3.05, 3.63) is 57.3 Å². The van der Waals surface area contributed by atoms with Gasteiger partial charge in [-0.25, -0.2) is 0 Å². The highest BCUT2D eigenvalue weighted by Gasteiger charge is 2.31. The topological polar surface area (TPSA) is 43.1 Å². The summed E-state index contributed by atoms with van der Waals surface area (Å²) in [5, 5.41) is 1.79. The van der Waals surface area contributed by atoms with Crippen molar-refractivity contribution in [3.63, 3.8) is 0 Å². The molecule has 106 valence electrons. The first-order valence-corrected chi connectivity index (χ1v) is 6.69. The van der Waals surface area contributed by atoms with E-state index in [-0.39, 0.29) is 16.9 Å². The Balaban J connectivity index is 2.32. The second-order valence-corrected chi connectivity index (χ2v) is 5.36. The van der Waals surface area contributed by atoms with Crippen LogP contribution in [0.1, 0.15) is 32.4 Å². The summed E-state index contributed by atoms with van der Waals surface area (Å²) >= 11 is 1.34. The number of halogens is 3. The summed E-state index contributed by atoms with van der Waals surface area (Å²) in [5.41, 5.74) is 5.58. The van der Waals surface area contributed by atoms with Gasteiger partial charge in [0.2, 0.25) is 0 Å². The van der Waals surface area contributed by atoms with Gasteiger partial charge in [-0.2, -0.15) is 13.2 Å². The number of ketones is 1. The SMILES string of the molecule is Cc1cc(C(F)(F)F)ccc1C(=O)C(N)c1cccs1. The van der Waals surface area contributed by atoms with Crippen molar-refractivity contribution >= 4 is 17.1 Å². The molecule has 0 aliphatic heterocycles. The molecule has 1 aromatic heterocycles. The summed E-state index contributed by atoms with van der Waals surface area (Å²) in [6.07, 6.45) is -4.41.